The molecule has 0 atom stereocenters. The molecule has 0 amide bonds. The first-order chi connectivity index (χ1) is 4.12. The maximum Gasteiger partial charge on any atom is 0.233 e. The standard InChI is InChI=1S/C5H10NO2S/c1-3-4-5-9(7,8)6-2/h4-6H,1,3H2,2H3. The van der Waals surface area contributed by atoms with Crippen LogP contribution in [0.4, 0.5) is 0 Å². The van der Waals surface area contributed by atoms with Crippen LogP contribution in [0.25, 0.3) is 0 Å². The van der Waals surface area contributed by atoms with E-state index in [1.165, 1.54) is 13.1 Å². The van der Waals surface area contributed by atoms with Crippen LogP contribution in [0.1, 0.15) is 6.42 Å². The summed E-state index contributed by atoms with van der Waals surface area (Å²) in [5.74, 6) is 0. The first-order valence-electron chi connectivity index (χ1n) is 2.51. The van der Waals surface area contributed by atoms with Gasteiger partial charge in [0.1, 0.15) is 0 Å². The average Bonchev–Trinajstić information content (AvgIpc) is 1.84. The summed E-state index contributed by atoms with van der Waals surface area (Å²) in [6, 6.07) is 0. The molecule has 0 spiro atoms. The summed E-state index contributed by atoms with van der Waals surface area (Å²) in [6.07, 6.45) is 1.97. The number of sulfonamides is 1. The molecule has 0 aliphatic rings. The summed E-state index contributed by atoms with van der Waals surface area (Å²) in [4.78, 5) is 0. The third-order valence-electron chi connectivity index (χ3n) is 0.727. The minimum Gasteiger partial charge on any atom is -0.215 e. The molecule has 0 aliphatic heterocycles. The number of nitrogens with one attached hydrogen (secondary N) is 1. The molecule has 0 bridgehead atoms. The zero-order valence-corrected chi connectivity index (χ0v) is 6.11. The van der Waals surface area contributed by atoms with Gasteiger partial charge in [0.15, 0.2) is 0 Å². The molecular weight excluding hydrogens is 138 g/mol. The minimum absolute atomic E-state index is 0.487. The molecule has 53 valence electrons. The molecule has 1 radical (unpaired) electrons. The van der Waals surface area contributed by atoms with Crippen molar-refractivity contribution >= 4 is 10.0 Å². The normalized spacial score (nSPS) is 12.7. The molecule has 0 aromatic carbocycles. The van der Waals surface area contributed by atoms with E-state index < -0.39 is 10.0 Å². The molecule has 9 heavy (non-hydrogen) atoms. The van der Waals surface area contributed by atoms with Crippen molar-refractivity contribution < 1.29 is 8.42 Å². The van der Waals surface area contributed by atoms with Crippen LogP contribution in [0.15, 0.2) is 11.5 Å². The lowest BCUT2D eigenvalue weighted by Gasteiger charge is -1.90. The third kappa shape index (κ3) is 4.17. The van der Waals surface area contributed by atoms with Gasteiger partial charge in [-0.1, -0.05) is 6.08 Å². The van der Waals surface area contributed by atoms with E-state index in [1.807, 2.05) is 0 Å². The zero-order valence-electron chi connectivity index (χ0n) is 5.29. The Labute approximate surface area is 55.8 Å². The highest BCUT2D eigenvalue weighted by molar-refractivity contribution is 7.92. The summed E-state index contributed by atoms with van der Waals surface area (Å²) in [7, 11) is -1.79. The Morgan fingerprint density at radius 2 is 2.22 bits per heavy atom. The van der Waals surface area contributed by atoms with Crippen molar-refractivity contribution in [2.24, 2.45) is 0 Å². The highest BCUT2D eigenvalue weighted by atomic mass is 32.2. The fourth-order valence-corrected chi connectivity index (χ4v) is 0.788. The molecule has 3 nitrogen and oxygen atoms in total. The fourth-order valence-electron chi connectivity index (χ4n) is 0.263. The molecule has 0 saturated carbocycles. The number of hydrogen-bond acceptors (Lipinski definition) is 2. The van der Waals surface area contributed by atoms with Crippen molar-refractivity contribution in [2.45, 2.75) is 6.42 Å². The molecule has 0 unspecified atom stereocenters. The van der Waals surface area contributed by atoms with E-state index in [0.29, 0.717) is 6.42 Å². The van der Waals surface area contributed by atoms with E-state index >= 15 is 0 Å². The summed E-state index contributed by atoms with van der Waals surface area (Å²) >= 11 is 0. The van der Waals surface area contributed by atoms with Gasteiger partial charge in [-0.15, -0.1) is 0 Å². The molecule has 4 heteroatoms. The first-order valence-corrected chi connectivity index (χ1v) is 4.06. The number of allylic oxidation sites excluding steroid dienone is 1. The summed E-state index contributed by atoms with van der Waals surface area (Å²) in [5, 5.41) is 1.10. The number of rotatable bonds is 3. The summed E-state index contributed by atoms with van der Waals surface area (Å²) < 4.78 is 23.2. The molecule has 0 aromatic heterocycles. The van der Waals surface area contributed by atoms with Gasteiger partial charge in [-0.25, -0.2) is 13.1 Å². The molecule has 0 aromatic rings. The van der Waals surface area contributed by atoms with Crippen molar-refractivity contribution in [3.05, 3.63) is 18.4 Å². The van der Waals surface area contributed by atoms with Crippen molar-refractivity contribution in [1.82, 2.24) is 4.72 Å². The zero-order chi connectivity index (χ0) is 7.33. The van der Waals surface area contributed by atoms with Gasteiger partial charge in [-0.2, -0.15) is 0 Å². The third-order valence-corrected chi connectivity index (χ3v) is 1.85. The van der Waals surface area contributed by atoms with Gasteiger partial charge in [0.25, 0.3) is 0 Å². The second-order valence-corrected chi connectivity index (χ2v) is 3.18. The second kappa shape index (κ2) is 3.63. The van der Waals surface area contributed by atoms with E-state index in [2.05, 4.69) is 11.6 Å². The molecule has 0 fully saturated rings. The Hall–Kier alpha value is -0.350. The Balaban J connectivity index is 4.04. The van der Waals surface area contributed by atoms with Crippen molar-refractivity contribution in [2.75, 3.05) is 7.05 Å². The lowest BCUT2D eigenvalue weighted by Crippen LogP contribution is -2.14. The van der Waals surface area contributed by atoms with E-state index in [1.54, 1.807) is 0 Å². The Morgan fingerprint density at radius 1 is 1.67 bits per heavy atom. The van der Waals surface area contributed by atoms with Gasteiger partial charge < -0.3 is 0 Å². The van der Waals surface area contributed by atoms with Crippen LogP contribution in [0.3, 0.4) is 0 Å². The highest BCUT2D eigenvalue weighted by Crippen LogP contribution is 1.86. The van der Waals surface area contributed by atoms with Crippen LogP contribution in [0.2, 0.25) is 0 Å². The Kier molecular flexibility index (Phi) is 3.49. The topological polar surface area (TPSA) is 46.2 Å². The average molecular weight is 148 g/mol. The van der Waals surface area contributed by atoms with Gasteiger partial charge in [0.2, 0.25) is 10.0 Å². The van der Waals surface area contributed by atoms with Crippen LogP contribution in [0.5, 0.6) is 0 Å². The van der Waals surface area contributed by atoms with Crippen molar-refractivity contribution in [3.8, 4) is 0 Å². The van der Waals surface area contributed by atoms with Gasteiger partial charge >= 0.3 is 0 Å². The lowest BCUT2D eigenvalue weighted by atomic mass is 10.5. The first kappa shape index (κ1) is 8.65. The molecular formula is C5H10NO2S. The Morgan fingerprint density at radius 3 is 2.56 bits per heavy atom. The molecule has 0 heterocycles. The highest BCUT2D eigenvalue weighted by Gasteiger charge is 1.95. The minimum atomic E-state index is -3.15. The lowest BCUT2D eigenvalue weighted by molar-refractivity contribution is 0.597. The quantitative estimate of drug-likeness (QED) is 0.624. The van der Waals surface area contributed by atoms with Crippen molar-refractivity contribution in [1.29, 1.82) is 0 Å². The van der Waals surface area contributed by atoms with Gasteiger partial charge in [-0.3, -0.25) is 0 Å². The van der Waals surface area contributed by atoms with Gasteiger partial charge in [0.05, 0.1) is 0 Å². The SMILES string of the molecule is [CH2]CC=CS(=O)(=O)NC. The van der Waals surface area contributed by atoms with Crippen LogP contribution >= 0.6 is 0 Å². The summed E-state index contributed by atoms with van der Waals surface area (Å²) in [5.41, 5.74) is 0. The Bertz CT molecular complexity index is 181. The molecule has 1 N–H and O–H groups in total. The van der Waals surface area contributed by atoms with Crippen LogP contribution in [-0.4, -0.2) is 15.5 Å². The largest absolute Gasteiger partial charge is 0.233 e. The predicted molar refractivity (Wildman–Crippen MR) is 37.1 cm³/mol. The van der Waals surface area contributed by atoms with E-state index in [4.69, 9.17) is 0 Å². The van der Waals surface area contributed by atoms with Crippen LogP contribution < -0.4 is 4.72 Å². The van der Waals surface area contributed by atoms with Gasteiger partial charge in [-0.05, 0) is 20.4 Å². The van der Waals surface area contributed by atoms with E-state index in [0.717, 1.165) is 5.41 Å². The van der Waals surface area contributed by atoms with Crippen molar-refractivity contribution in [3.63, 3.8) is 0 Å². The molecule has 0 rings (SSSR count). The fraction of sp³-hybridized carbons (Fsp3) is 0.400. The van der Waals surface area contributed by atoms with Crippen LogP contribution in [0, 0.1) is 6.92 Å². The smallest absolute Gasteiger partial charge is 0.215 e. The number of hydrogen-bond donors (Lipinski definition) is 1. The molecule has 0 saturated heterocycles. The van der Waals surface area contributed by atoms with E-state index in [9.17, 15) is 8.42 Å². The monoisotopic (exact) mass is 148 g/mol. The van der Waals surface area contributed by atoms with Crippen LogP contribution in [-0.2, 0) is 10.0 Å². The maximum absolute atomic E-state index is 10.5. The predicted octanol–water partition coefficient (Wildman–Crippen LogP) is 0.273. The summed E-state index contributed by atoms with van der Waals surface area (Å²) in [6.45, 7) is 3.44. The maximum atomic E-state index is 10.5. The van der Waals surface area contributed by atoms with Gasteiger partial charge in [0, 0.05) is 5.41 Å². The van der Waals surface area contributed by atoms with E-state index in [-0.39, 0.29) is 0 Å². The second-order valence-electron chi connectivity index (χ2n) is 1.41. The molecule has 0 aliphatic carbocycles.